The van der Waals surface area contributed by atoms with E-state index in [1.165, 1.54) is 30.3 Å². The molecule has 7 heteroatoms. The van der Waals surface area contributed by atoms with Gasteiger partial charge in [-0.15, -0.1) is 0 Å². The van der Waals surface area contributed by atoms with Crippen LogP contribution in [0.1, 0.15) is 60.0 Å². The molecule has 3 aromatic carbocycles. The van der Waals surface area contributed by atoms with E-state index in [0.717, 1.165) is 67.8 Å². The molecule has 3 aromatic rings. The van der Waals surface area contributed by atoms with E-state index in [-0.39, 0.29) is 47.6 Å². The lowest BCUT2D eigenvalue weighted by Gasteiger charge is -2.36. The summed E-state index contributed by atoms with van der Waals surface area (Å²) in [6.07, 6.45) is 5.20. The van der Waals surface area contributed by atoms with Crippen LogP contribution in [0.5, 0.6) is 11.5 Å². The van der Waals surface area contributed by atoms with Crippen molar-refractivity contribution in [2.45, 2.75) is 37.7 Å². The molecule has 0 amide bonds. The molecular weight excluding hydrogens is 486 g/mol. The zero-order valence-electron chi connectivity index (χ0n) is 21.3. The molecule has 0 aromatic heterocycles. The Morgan fingerprint density at radius 1 is 0.895 bits per heavy atom. The van der Waals surface area contributed by atoms with Gasteiger partial charge in [0.05, 0.1) is 0 Å². The summed E-state index contributed by atoms with van der Waals surface area (Å²) < 4.78 is 33.3. The van der Waals surface area contributed by atoms with E-state index in [1.54, 1.807) is 6.07 Å². The average Bonchev–Trinajstić information content (AvgIpc) is 2.94. The first-order valence-corrected chi connectivity index (χ1v) is 13.3. The van der Waals surface area contributed by atoms with E-state index in [0.29, 0.717) is 5.56 Å². The minimum absolute atomic E-state index is 0.0758. The number of nitrogens with zero attached hydrogens (tertiary/aromatic N) is 1. The van der Waals surface area contributed by atoms with Crippen molar-refractivity contribution >= 4 is 6.08 Å². The standard InChI is InChI=1S/C31H34F2N2O3/c32-23-7-3-20(4-8-23)25(21-5-9-24(33)10-6-21)2-1-15-35-16-13-22(14-17-35)29-18-27-26(30(19-34)38-29)11-12-28(36)31(27)37/h3-12,18,22,25,30,36-37H,1-2,13-17,19,34H2. The molecule has 200 valence electrons. The van der Waals surface area contributed by atoms with E-state index in [9.17, 15) is 19.0 Å². The first-order valence-electron chi connectivity index (χ1n) is 13.3. The van der Waals surface area contributed by atoms with Gasteiger partial charge in [0.2, 0.25) is 0 Å². The molecule has 5 rings (SSSR count). The maximum Gasteiger partial charge on any atom is 0.165 e. The highest BCUT2D eigenvalue weighted by Gasteiger charge is 2.31. The van der Waals surface area contributed by atoms with E-state index >= 15 is 0 Å². The van der Waals surface area contributed by atoms with Crippen molar-refractivity contribution < 1.29 is 23.7 Å². The summed E-state index contributed by atoms with van der Waals surface area (Å²) in [5.74, 6) is 0.316. The van der Waals surface area contributed by atoms with Gasteiger partial charge in [-0.1, -0.05) is 30.3 Å². The second-order valence-electron chi connectivity index (χ2n) is 10.2. The summed E-state index contributed by atoms with van der Waals surface area (Å²) in [6.45, 7) is 3.08. The first kappa shape index (κ1) is 26.2. The number of hydrogen-bond acceptors (Lipinski definition) is 5. The third-order valence-electron chi connectivity index (χ3n) is 7.86. The number of phenols is 2. The van der Waals surface area contributed by atoms with Crippen LogP contribution in [0.25, 0.3) is 6.08 Å². The summed E-state index contributed by atoms with van der Waals surface area (Å²) in [4.78, 5) is 2.45. The summed E-state index contributed by atoms with van der Waals surface area (Å²) in [6, 6.07) is 16.4. The number of likely N-dealkylation sites (tertiary alicyclic amines) is 1. The number of hydrogen-bond donors (Lipinski definition) is 3. The predicted molar refractivity (Wildman–Crippen MR) is 144 cm³/mol. The summed E-state index contributed by atoms with van der Waals surface area (Å²) in [5, 5.41) is 20.4. The highest BCUT2D eigenvalue weighted by atomic mass is 19.1. The highest BCUT2D eigenvalue weighted by molar-refractivity contribution is 5.68. The monoisotopic (exact) mass is 520 g/mol. The van der Waals surface area contributed by atoms with E-state index in [1.807, 2.05) is 30.3 Å². The molecule has 2 heterocycles. The zero-order chi connectivity index (χ0) is 26.6. The minimum Gasteiger partial charge on any atom is -0.504 e. The van der Waals surface area contributed by atoms with Crippen molar-refractivity contribution in [1.29, 1.82) is 0 Å². The van der Waals surface area contributed by atoms with Crippen LogP contribution in [-0.2, 0) is 4.74 Å². The van der Waals surface area contributed by atoms with Crippen LogP contribution in [0.15, 0.2) is 66.4 Å². The van der Waals surface area contributed by atoms with Crippen LogP contribution in [0, 0.1) is 17.6 Å². The Balaban J connectivity index is 1.20. The molecule has 4 N–H and O–H groups in total. The number of allylic oxidation sites excluding steroid dienone is 1. The Morgan fingerprint density at radius 3 is 2.08 bits per heavy atom. The zero-order valence-corrected chi connectivity index (χ0v) is 21.3. The molecule has 0 saturated carbocycles. The lowest BCUT2D eigenvalue weighted by molar-refractivity contribution is 0.0758. The average molecular weight is 521 g/mol. The predicted octanol–water partition coefficient (Wildman–Crippen LogP) is 6.07. The molecule has 1 fully saturated rings. The number of aromatic hydroxyl groups is 2. The number of fused-ring (bicyclic) bond motifs is 1. The van der Waals surface area contributed by atoms with E-state index < -0.39 is 0 Å². The fourth-order valence-electron chi connectivity index (χ4n) is 5.71. The molecule has 5 nitrogen and oxygen atoms in total. The molecular formula is C31H34F2N2O3. The van der Waals surface area contributed by atoms with Gasteiger partial charge in [0.1, 0.15) is 23.5 Å². The normalized spacial score (nSPS) is 18.2. The number of nitrogens with two attached hydrogens (primary N) is 1. The van der Waals surface area contributed by atoms with E-state index in [2.05, 4.69) is 4.90 Å². The van der Waals surface area contributed by atoms with Crippen molar-refractivity contribution in [3.05, 3.63) is 100 Å². The van der Waals surface area contributed by atoms with Gasteiger partial charge in [-0.25, -0.2) is 8.78 Å². The summed E-state index contributed by atoms with van der Waals surface area (Å²) in [5.41, 5.74) is 9.40. The first-order chi connectivity index (χ1) is 18.4. The molecule has 2 aliphatic rings. The Kier molecular flexibility index (Phi) is 7.95. The molecule has 1 atom stereocenters. The smallest absolute Gasteiger partial charge is 0.165 e. The number of benzene rings is 3. The molecule has 0 aliphatic carbocycles. The third kappa shape index (κ3) is 5.69. The lowest BCUT2D eigenvalue weighted by Crippen LogP contribution is -2.36. The van der Waals surface area contributed by atoms with Crippen LogP contribution in [0.3, 0.4) is 0 Å². The van der Waals surface area contributed by atoms with Gasteiger partial charge in [-0.3, -0.25) is 0 Å². The van der Waals surface area contributed by atoms with Crippen LogP contribution in [-0.4, -0.2) is 41.3 Å². The number of piperidine rings is 1. The van der Waals surface area contributed by atoms with Crippen LogP contribution in [0.4, 0.5) is 8.78 Å². The van der Waals surface area contributed by atoms with Crippen molar-refractivity contribution in [3.8, 4) is 11.5 Å². The second-order valence-corrected chi connectivity index (χ2v) is 10.2. The minimum atomic E-state index is -0.343. The summed E-state index contributed by atoms with van der Waals surface area (Å²) in [7, 11) is 0. The van der Waals surface area contributed by atoms with Gasteiger partial charge in [0.15, 0.2) is 11.5 Å². The topological polar surface area (TPSA) is 79.0 Å². The lowest BCUT2D eigenvalue weighted by atomic mass is 9.87. The molecule has 0 bridgehead atoms. The van der Waals surface area contributed by atoms with Crippen LogP contribution in [0.2, 0.25) is 0 Å². The maximum absolute atomic E-state index is 13.5. The second kappa shape index (κ2) is 11.5. The third-order valence-corrected chi connectivity index (χ3v) is 7.86. The fourth-order valence-corrected chi connectivity index (χ4v) is 5.71. The molecule has 2 aliphatic heterocycles. The van der Waals surface area contributed by atoms with Gasteiger partial charge < -0.3 is 25.6 Å². The molecule has 0 radical (unpaired) electrons. The van der Waals surface area contributed by atoms with Gasteiger partial charge >= 0.3 is 0 Å². The van der Waals surface area contributed by atoms with Gasteiger partial charge in [-0.2, -0.15) is 0 Å². The van der Waals surface area contributed by atoms with Crippen LogP contribution >= 0.6 is 0 Å². The van der Waals surface area contributed by atoms with E-state index in [4.69, 9.17) is 10.5 Å². The Morgan fingerprint density at radius 2 is 1.50 bits per heavy atom. The Labute approximate surface area is 222 Å². The fraction of sp³-hybridized carbons (Fsp3) is 0.355. The maximum atomic E-state index is 13.5. The largest absolute Gasteiger partial charge is 0.504 e. The Hall–Kier alpha value is -3.42. The molecule has 1 unspecified atom stereocenters. The van der Waals surface area contributed by atoms with Gasteiger partial charge in [0.25, 0.3) is 0 Å². The SMILES string of the molecule is NCC1OC(C2CCN(CCCC(c3ccc(F)cc3)c3ccc(F)cc3)CC2)=Cc2c1ccc(O)c2O. The van der Waals surface area contributed by atoms with Crippen molar-refractivity contribution in [1.82, 2.24) is 4.90 Å². The number of phenolic OH excluding ortho intramolecular Hbond substituents is 2. The number of ether oxygens (including phenoxy) is 1. The molecule has 0 spiro atoms. The molecule has 38 heavy (non-hydrogen) atoms. The van der Waals surface area contributed by atoms with Crippen molar-refractivity contribution in [3.63, 3.8) is 0 Å². The Bertz CT molecular complexity index is 1220. The van der Waals surface area contributed by atoms with Gasteiger partial charge in [0, 0.05) is 29.5 Å². The quantitative estimate of drug-likeness (QED) is 0.314. The molecule has 1 saturated heterocycles. The number of rotatable bonds is 8. The van der Waals surface area contributed by atoms with Gasteiger partial charge in [-0.05, 0) is 92.9 Å². The van der Waals surface area contributed by atoms with Crippen molar-refractivity contribution in [2.75, 3.05) is 26.2 Å². The number of halogens is 2. The summed E-state index contributed by atoms with van der Waals surface area (Å²) >= 11 is 0. The highest BCUT2D eigenvalue weighted by Crippen LogP contribution is 2.43. The van der Waals surface area contributed by atoms with Crippen LogP contribution < -0.4 is 5.73 Å². The van der Waals surface area contributed by atoms with Crippen molar-refractivity contribution in [2.24, 2.45) is 11.7 Å².